The Kier molecular flexibility index (Phi) is 9.44. The monoisotopic (exact) mass is 572 g/mol. The van der Waals surface area contributed by atoms with Crippen molar-refractivity contribution in [3.8, 4) is 28.4 Å². The molecule has 0 heterocycles. The van der Waals surface area contributed by atoms with E-state index in [1.165, 1.54) is 33.5 Å². The topological polar surface area (TPSA) is 117 Å². The number of amides is 1. The maximum absolute atomic E-state index is 13.5. The van der Waals surface area contributed by atoms with Crippen molar-refractivity contribution in [1.29, 1.82) is 0 Å². The van der Waals surface area contributed by atoms with Crippen LogP contribution in [0.2, 0.25) is 0 Å². The minimum atomic E-state index is -3.76. The molecule has 0 spiro atoms. The number of benzene rings is 4. The Labute approximate surface area is 240 Å². The van der Waals surface area contributed by atoms with Gasteiger partial charge in [-0.25, -0.2) is 13.6 Å². The van der Waals surface area contributed by atoms with Gasteiger partial charge in [0.15, 0.2) is 11.5 Å². The van der Waals surface area contributed by atoms with Crippen molar-refractivity contribution in [2.75, 3.05) is 27.9 Å². The van der Waals surface area contributed by atoms with Gasteiger partial charge in [-0.1, -0.05) is 66.7 Å². The zero-order chi connectivity index (χ0) is 29.4. The van der Waals surface area contributed by atoms with Crippen molar-refractivity contribution >= 4 is 27.6 Å². The molecule has 0 unspecified atom stereocenters. The molecule has 0 aliphatic rings. The molecule has 8 nitrogen and oxygen atoms in total. The summed E-state index contributed by atoms with van der Waals surface area (Å²) >= 11 is 0. The van der Waals surface area contributed by atoms with E-state index in [-0.39, 0.29) is 10.8 Å². The first-order valence-electron chi connectivity index (χ1n) is 12.8. The highest BCUT2D eigenvalue weighted by Crippen LogP contribution is 2.39. The SMILES string of the molecule is COc1cc(C=C(C(=O)NCCc2ccc(S(N)(=O)=O)cc2)c2ccc(-c3ccccc3)cc2)cc(OC)c1OC. The number of carbonyl (C=O) groups excluding carboxylic acids is 1. The molecule has 0 fully saturated rings. The molecule has 9 heteroatoms. The third kappa shape index (κ3) is 7.33. The number of methoxy groups -OCH3 is 3. The molecule has 212 valence electrons. The Morgan fingerprint density at radius 3 is 1.93 bits per heavy atom. The van der Waals surface area contributed by atoms with Gasteiger partial charge in [0.05, 0.1) is 26.2 Å². The molecule has 3 N–H and O–H groups in total. The summed E-state index contributed by atoms with van der Waals surface area (Å²) in [6, 6.07) is 27.6. The van der Waals surface area contributed by atoms with Gasteiger partial charge in [0.25, 0.3) is 5.91 Å². The molecule has 0 aromatic heterocycles. The van der Waals surface area contributed by atoms with Gasteiger partial charge < -0.3 is 19.5 Å². The lowest BCUT2D eigenvalue weighted by molar-refractivity contribution is -0.115. The summed E-state index contributed by atoms with van der Waals surface area (Å²) in [4.78, 5) is 13.6. The van der Waals surface area contributed by atoms with Crippen LogP contribution in [-0.4, -0.2) is 42.2 Å². The zero-order valence-electron chi connectivity index (χ0n) is 23.1. The van der Waals surface area contributed by atoms with E-state index in [4.69, 9.17) is 19.3 Å². The van der Waals surface area contributed by atoms with Gasteiger partial charge in [-0.2, -0.15) is 0 Å². The summed E-state index contributed by atoms with van der Waals surface area (Å²) in [5.41, 5.74) is 4.84. The first-order valence-corrected chi connectivity index (χ1v) is 14.4. The first kappa shape index (κ1) is 29.4. The molecular formula is C32H32N2O6S. The lowest BCUT2D eigenvalue weighted by Crippen LogP contribution is -2.26. The Morgan fingerprint density at radius 1 is 0.805 bits per heavy atom. The molecule has 4 aromatic carbocycles. The molecule has 0 aliphatic carbocycles. The number of sulfonamides is 1. The van der Waals surface area contributed by atoms with Gasteiger partial charge in [-0.05, 0) is 64.6 Å². The molecular weight excluding hydrogens is 540 g/mol. The van der Waals surface area contributed by atoms with Crippen molar-refractivity contribution in [3.05, 3.63) is 108 Å². The van der Waals surface area contributed by atoms with Crippen LogP contribution in [0.5, 0.6) is 17.2 Å². The van der Waals surface area contributed by atoms with Crippen LogP contribution >= 0.6 is 0 Å². The predicted octanol–water partition coefficient (Wildman–Crippen LogP) is 4.93. The van der Waals surface area contributed by atoms with Gasteiger partial charge in [0, 0.05) is 12.1 Å². The van der Waals surface area contributed by atoms with E-state index in [2.05, 4.69) is 5.32 Å². The van der Waals surface area contributed by atoms with E-state index in [0.717, 1.165) is 22.3 Å². The maximum Gasteiger partial charge on any atom is 0.251 e. The van der Waals surface area contributed by atoms with Crippen LogP contribution in [0.1, 0.15) is 16.7 Å². The third-order valence-electron chi connectivity index (χ3n) is 6.50. The lowest BCUT2D eigenvalue weighted by atomic mass is 9.98. The quantitative estimate of drug-likeness (QED) is 0.195. The number of nitrogens with one attached hydrogen (secondary N) is 1. The number of primary sulfonamides is 1. The van der Waals surface area contributed by atoms with Gasteiger partial charge >= 0.3 is 0 Å². The number of hydrogen-bond donors (Lipinski definition) is 2. The van der Waals surface area contributed by atoms with Crippen LogP contribution in [0, 0.1) is 0 Å². The minimum absolute atomic E-state index is 0.0415. The van der Waals surface area contributed by atoms with E-state index in [1.807, 2.05) is 54.6 Å². The normalized spacial score (nSPS) is 11.6. The van der Waals surface area contributed by atoms with E-state index in [1.54, 1.807) is 30.3 Å². The second kappa shape index (κ2) is 13.2. The van der Waals surface area contributed by atoms with Gasteiger partial charge in [0.1, 0.15) is 0 Å². The molecule has 0 bridgehead atoms. The largest absolute Gasteiger partial charge is 0.493 e. The second-order valence-electron chi connectivity index (χ2n) is 9.15. The summed E-state index contributed by atoms with van der Waals surface area (Å²) in [7, 11) is 0.845. The fourth-order valence-corrected chi connectivity index (χ4v) is 4.88. The van der Waals surface area contributed by atoms with Crippen LogP contribution < -0.4 is 24.7 Å². The molecule has 1 amide bonds. The van der Waals surface area contributed by atoms with Crippen molar-refractivity contribution < 1.29 is 27.4 Å². The Balaban J connectivity index is 1.63. The van der Waals surface area contributed by atoms with Crippen molar-refractivity contribution in [2.45, 2.75) is 11.3 Å². The van der Waals surface area contributed by atoms with Crippen LogP contribution in [0.15, 0.2) is 95.9 Å². The number of hydrogen-bond acceptors (Lipinski definition) is 6. The molecule has 0 aliphatic heterocycles. The number of ether oxygens (including phenoxy) is 3. The number of carbonyl (C=O) groups is 1. The fraction of sp³-hybridized carbons (Fsp3) is 0.156. The first-order chi connectivity index (χ1) is 19.7. The summed E-state index contributed by atoms with van der Waals surface area (Å²) in [6.45, 7) is 0.336. The van der Waals surface area contributed by atoms with Crippen molar-refractivity contribution in [3.63, 3.8) is 0 Å². The Hall–Kier alpha value is -4.60. The smallest absolute Gasteiger partial charge is 0.251 e. The summed E-state index contributed by atoms with van der Waals surface area (Å²) in [5, 5.41) is 8.16. The minimum Gasteiger partial charge on any atom is -0.493 e. The van der Waals surface area contributed by atoms with Crippen LogP contribution in [0.25, 0.3) is 22.8 Å². The highest BCUT2D eigenvalue weighted by molar-refractivity contribution is 7.89. The van der Waals surface area contributed by atoms with Gasteiger partial charge in [0.2, 0.25) is 15.8 Å². The van der Waals surface area contributed by atoms with E-state index >= 15 is 0 Å². The molecule has 4 aromatic rings. The molecule has 4 rings (SSSR count). The number of rotatable bonds is 11. The van der Waals surface area contributed by atoms with E-state index in [9.17, 15) is 13.2 Å². The van der Waals surface area contributed by atoms with Crippen LogP contribution in [0.4, 0.5) is 0 Å². The molecule has 0 atom stereocenters. The van der Waals surface area contributed by atoms with Crippen LogP contribution in [-0.2, 0) is 21.2 Å². The summed E-state index contributed by atoms with van der Waals surface area (Å²) in [6.07, 6.45) is 2.28. The third-order valence-corrected chi connectivity index (χ3v) is 7.43. The van der Waals surface area contributed by atoms with Gasteiger partial charge in [-0.15, -0.1) is 0 Å². The highest BCUT2D eigenvalue weighted by Gasteiger charge is 2.16. The second-order valence-corrected chi connectivity index (χ2v) is 10.7. The average molecular weight is 573 g/mol. The predicted molar refractivity (Wildman–Crippen MR) is 160 cm³/mol. The lowest BCUT2D eigenvalue weighted by Gasteiger charge is -2.14. The molecule has 0 saturated heterocycles. The van der Waals surface area contributed by atoms with E-state index in [0.29, 0.717) is 41.4 Å². The average Bonchev–Trinajstić information content (AvgIpc) is 2.99. The van der Waals surface area contributed by atoms with E-state index < -0.39 is 10.0 Å². The van der Waals surface area contributed by atoms with Crippen molar-refractivity contribution in [1.82, 2.24) is 5.32 Å². The zero-order valence-corrected chi connectivity index (χ0v) is 23.9. The standard InChI is InChI=1S/C32H32N2O6S/c1-38-29-20-23(21-30(39-2)31(29)40-3)19-28(26-13-11-25(12-14-26)24-7-5-4-6-8-24)32(35)34-18-17-22-9-15-27(16-10-22)41(33,36)37/h4-16,19-21H,17-18H2,1-3H3,(H,34,35)(H2,33,36,37). The molecule has 0 saturated carbocycles. The van der Waals surface area contributed by atoms with Crippen molar-refractivity contribution in [2.24, 2.45) is 5.14 Å². The maximum atomic E-state index is 13.5. The Bertz CT molecular complexity index is 1610. The summed E-state index contributed by atoms with van der Waals surface area (Å²) in [5.74, 6) is 1.13. The number of nitrogens with two attached hydrogens (primary N) is 1. The van der Waals surface area contributed by atoms with Crippen LogP contribution in [0.3, 0.4) is 0 Å². The molecule has 41 heavy (non-hydrogen) atoms. The molecule has 0 radical (unpaired) electrons. The van der Waals surface area contributed by atoms with Gasteiger partial charge in [-0.3, -0.25) is 4.79 Å². The Morgan fingerprint density at radius 2 is 1.39 bits per heavy atom. The summed E-state index contributed by atoms with van der Waals surface area (Å²) < 4.78 is 39.5. The highest BCUT2D eigenvalue weighted by atomic mass is 32.2. The fourth-order valence-electron chi connectivity index (χ4n) is 4.37.